The minimum atomic E-state index is -0.219. The van der Waals surface area contributed by atoms with Crippen molar-refractivity contribution >= 4 is 39.2 Å². The minimum Gasteiger partial charge on any atom is -0.334 e. The van der Waals surface area contributed by atoms with E-state index in [0.717, 1.165) is 10.6 Å². The van der Waals surface area contributed by atoms with Gasteiger partial charge in [0.25, 0.3) is 11.5 Å². The zero-order valence-corrected chi connectivity index (χ0v) is 18.4. The van der Waals surface area contributed by atoms with Crippen molar-refractivity contribution in [2.75, 3.05) is 7.05 Å². The van der Waals surface area contributed by atoms with Gasteiger partial charge in [-0.2, -0.15) is 5.10 Å². The van der Waals surface area contributed by atoms with Gasteiger partial charge in [-0.05, 0) is 36.6 Å². The van der Waals surface area contributed by atoms with Crippen molar-refractivity contribution in [3.63, 3.8) is 0 Å². The number of amides is 1. The molecule has 4 aromatic heterocycles. The predicted molar refractivity (Wildman–Crippen MR) is 124 cm³/mol. The SMILES string of the molecule is Cc1cc(C(=O)N(C)Cc2nc3ccccc3c(=O)[nH]2)c2cnn(Cc3cccs3)c2n1. The van der Waals surface area contributed by atoms with Crippen LogP contribution in [-0.4, -0.2) is 42.6 Å². The molecule has 0 aliphatic carbocycles. The third kappa shape index (κ3) is 3.67. The largest absolute Gasteiger partial charge is 0.334 e. The first-order valence-electron chi connectivity index (χ1n) is 10.1. The molecule has 9 heteroatoms. The molecule has 0 unspecified atom stereocenters. The maximum atomic E-state index is 13.3. The summed E-state index contributed by atoms with van der Waals surface area (Å²) in [5.41, 5.74) is 2.31. The van der Waals surface area contributed by atoms with Crippen molar-refractivity contribution < 1.29 is 4.79 Å². The number of nitrogens with one attached hydrogen (secondary N) is 1. The van der Waals surface area contributed by atoms with Crippen LogP contribution >= 0.6 is 11.3 Å². The minimum absolute atomic E-state index is 0.172. The molecule has 0 fully saturated rings. The van der Waals surface area contributed by atoms with E-state index in [-0.39, 0.29) is 18.0 Å². The fraction of sp³-hybridized carbons (Fsp3) is 0.174. The van der Waals surface area contributed by atoms with Gasteiger partial charge in [0.15, 0.2) is 5.65 Å². The number of nitrogens with zero attached hydrogens (tertiary/aromatic N) is 5. The number of carbonyl (C=O) groups is 1. The number of aryl methyl sites for hydroxylation is 1. The highest BCUT2D eigenvalue weighted by atomic mass is 32.1. The Hall–Kier alpha value is -3.85. The highest BCUT2D eigenvalue weighted by Gasteiger charge is 2.20. The number of aromatic nitrogens is 5. The molecule has 0 spiro atoms. The van der Waals surface area contributed by atoms with Crippen molar-refractivity contribution in [3.05, 3.63) is 86.4 Å². The Morgan fingerprint density at radius 3 is 2.81 bits per heavy atom. The average Bonchev–Trinajstić information content (AvgIpc) is 3.43. The molecule has 0 atom stereocenters. The number of benzene rings is 1. The molecule has 32 heavy (non-hydrogen) atoms. The number of pyridine rings is 1. The van der Waals surface area contributed by atoms with Crippen LogP contribution in [-0.2, 0) is 13.1 Å². The van der Waals surface area contributed by atoms with Crippen LogP contribution in [0.1, 0.15) is 26.8 Å². The van der Waals surface area contributed by atoms with Crippen molar-refractivity contribution in [1.29, 1.82) is 0 Å². The Balaban J connectivity index is 1.46. The van der Waals surface area contributed by atoms with Crippen LogP contribution in [0.2, 0.25) is 0 Å². The summed E-state index contributed by atoms with van der Waals surface area (Å²) in [6.45, 7) is 2.63. The first-order valence-corrected chi connectivity index (χ1v) is 11.0. The number of fused-ring (bicyclic) bond motifs is 2. The number of H-pyrrole nitrogens is 1. The maximum absolute atomic E-state index is 13.3. The summed E-state index contributed by atoms with van der Waals surface area (Å²) in [4.78, 5) is 40.3. The lowest BCUT2D eigenvalue weighted by Gasteiger charge is -2.17. The molecule has 0 aliphatic heterocycles. The van der Waals surface area contributed by atoms with Gasteiger partial charge < -0.3 is 9.88 Å². The van der Waals surface area contributed by atoms with Crippen molar-refractivity contribution in [2.24, 2.45) is 0 Å². The second-order valence-corrected chi connectivity index (χ2v) is 8.65. The first kappa shape index (κ1) is 20.1. The number of para-hydroxylation sites is 1. The fourth-order valence-electron chi connectivity index (χ4n) is 3.73. The van der Waals surface area contributed by atoms with Gasteiger partial charge in [-0.1, -0.05) is 18.2 Å². The molecule has 0 aliphatic rings. The van der Waals surface area contributed by atoms with Crippen LogP contribution in [0, 0.1) is 6.92 Å². The Bertz CT molecular complexity index is 1500. The quantitative estimate of drug-likeness (QED) is 0.448. The molecule has 1 amide bonds. The van der Waals surface area contributed by atoms with E-state index in [1.54, 1.807) is 48.8 Å². The van der Waals surface area contributed by atoms with Gasteiger partial charge in [0.1, 0.15) is 5.82 Å². The molecular weight excluding hydrogens is 424 g/mol. The third-order valence-electron chi connectivity index (χ3n) is 5.25. The third-order valence-corrected chi connectivity index (χ3v) is 6.11. The lowest BCUT2D eigenvalue weighted by Crippen LogP contribution is -2.28. The molecule has 1 N–H and O–H groups in total. The number of hydrogen-bond acceptors (Lipinski definition) is 6. The van der Waals surface area contributed by atoms with E-state index in [4.69, 9.17) is 0 Å². The second-order valence-electron chi connectivity index (χ2n) is 7.62. The van der Waals surface area contributed by atoms with Gasteiger partial charge in [0.05, 0.1) is 41.1 Å². The summed E-state index contributed by atoms with van der Waals surface area (Å²) in [7, 11) is 1.69. The van der Waals surface area contributed by atoms with Crippen LogP contribution in [0.5, 0.6) is 0 Å². The second kappa shape index (κ2) is 8.01. The summed E-state index contributed by atoms with van der Waals surface area (Å²) in [5.74, 6) is 0.243. The average molecular weight is 445 g/mol. The highest BCUT2D eigenvalue weighted by molar-refractivity contribution is 7.09. The Kier molecular flexibility index (Phi) is 5.02. The van der Waals surface area contributed by atoms with E-state index >= 15 is 0 Å². The number of rotatable bonds is 5. The highest BCUT2D eigenvalue weighted by Crippen LogP contribution is 2.22. The summed E-state index contributed by atoms with van der Waals surface area (Å²) in [5, 5.41) is 7.72. The molecule has 4 heterocycles. The van der Waals surface area contributed by atoms with E-state index in [9.17, 15) is 9.59 Å². The molecule has 1 aromatic carbocycles. The molecule has 0 saturated heterocycles. The number of carbonyl (C=O) groups excluding carboxylic acids is 1. The molecule has 5 aromatic rings. The van der Waals surface area contributed by atoms with Gasteiger partial charge in [-0.15, -0.1) is 11.3 Å². The van der Waals surface area contributed by atoms with Crippen LogP contribution in [0.4, 0.5) is 0 Å². The predicted octanol–water partition coefficient (Wildman–Crippen LogP) is 3.36. The van der Waals surface area contributed by atoms with Crippen LogP contribution in [0.3, 0.4) is 0 Å². The molecule has 0 saturated carbocycles. The summed E-state index contributed by atoms with van der Waals surface area (Å²) in [6.07, 6.45) is 1.69. The topological polar surface area (TPSA) is 96.8 Å². The smallest absolute Gasteiger partial charge is 0.258 e. The Labute approximate surface area is 187 Å². The van der Waals surface area contributed by atoms with Crippen molar-refractivity contribution in [1.82, 2.24) is 29.6 Å². The number of thiophene rings is 1. The lowest BCUT2D eigenvalue weighted by molar-refractivity contribution is 0.0783. The van der Waals surface area contributed by atoms with Gasteiger partial charge in [0, 0.05) is 17.6 Å². The van der Waals surface area contributed by atoms with Crippen LogP contribution < -0.4 is 5.56 Å². The van der Waals surface area contributed by atoms with Crippen molar-refractivity contribution in [2.45, 2.75) is 20.0 Å². The normalized spacial score (nSPS) is 11.3. The van der Waals surface area contributed by atoms with E-state index in [1.807, 2.05) is 35.2 Å². The number of aromatic amines is 1. The maximum Gasteiger partial charge on any atom is 0.258 e. The van der Waals surface area contributed by atoms with Crippen LogP contribution in [0.15, 0.2) is 58.8 Å². The Morgan fingerprint density at radius 1 is 1.16 bits per heavy atom. The first-order chi connectivity index (χ1) is 15.5. The lowest BCUT2D eigenvalue weighted by atomic mass is 10.1. The molecule has 0 radical (unpaired) electrons. The van der Waals surface area contributed by atoms with Gasteiger partial charge in [0.2, 0.25) is 0 Å². The Morgan fingerprint density at radius 2 is 2.00 bits per heavy atom. The number of hydrogen-bond donors (Lipinski definition) is 1. The molecule has 5 rings (SSSR count). The zero-order chi connectivity index (χ0) is 22.2. The van der Waals surface area contributed by atoms with E-state index < -0.39 is 0 Å². The van der Waals surface area contributed by atoms with Gasteiger partial charge >= 0.3 is 0 Å². The molecule has 160 valence electrons. The standard InChI is InChI=1S/C23H20N6O2S/c1-14-10-17(18-11-24-29(21(18)25-14)12-15-6-5-9-32-15)23(31)28(2)13-20-26-19-8-4-3-7-16(19)22(30)27-20/h3-11H,12-13H2,1-2H3,(H,26,27,30). The van der Waals surface area contributed by atoms with E-state index in [2.05, 4.69) is 20.1 Å². The summed E-state index contributed by atoms with van der Waals surface area (Å²) >= 11 is 1.65. The van der Waals surface area contributed by atoms with Crippen LogP contribution in [0.25, 0.3) is 21.9 Å². The molecule has 8 nitrogen and oxygen atoms in total. The monoisotopic (exact) mass is 444 g/mol. The fourth-order valence-corrected chi connectivity index (χ4v) is 4.41. The van der Waals surface area contributed by atoms with Gasteiger partial charge in [-0.3, -0.25) is 9.59 Å². The molecule has 0 bridgehead atoms. The molecular formula is C23H20N6O2S. The van der Waals surface area contributed by atoms with E-state index in [1.165, 1.54) is 4.90 Å². The zero-order valence-electron chi connectivity index (χ0n) is 17.6. The summed E-state index contributed by atoms with van der Waals surface area (Å²) < 4.78 is 1.81. The van der Waals surface area contributed by atoms with E-state index in [0.29, 0.717) is 39.9 Å². The van der Waals surface area contributed by atoms with Gasteiger partial charge in [-0.25, -0.2) is 14.6 Å². The van der Waals surface area contributed by atoms with Crippen molar-refractivity contribution in [3.8, 4) is 0 Å². The summed E-state index contributed by atoms with van der Waals surface area (Å²) in [6, 6.07) is 13.0.